The van der Waals surface area contributed by atoms with Crippen molar-refractivity contribution in [2.75, 3.05) is 20.1 Å². The number of likely N-dealkylation sites (tertiary alicyclic amines) is 1. The van der Waals surface area contributed by atoms with Crippen LogP contribution in [0.15, 0.2) is 18.3 Å². The molecule has 0 spiro atoms. The molecule has 0 saturated carbocycles. The van der Waals surface area contributed by atoms with Crippen LogP contribution in [-0.4, -0.2) is 53.8 Å². The minimum absolute atomic E-state index is 0.0210. The van der Waals surface area contributed by atoms with Crippen LogP contribution in [0.3, 0.4) is 0 Å². The Morgan fingerprint density at radius 2 is 2.05 bits per heavy atom. The minimum atomic E-state index is -0.242. The minimum Gasteiger partial charge on any atom is -0.355 e. The van der Waals surface area contributed by atoms with Crippen LogP contribution in [-0.2, 0) is 4.79 Å². The summed E-state index contributed by atoms with van der Waals surface area (Å²) in [5, 5.41) is 5.37. The lowest BCUT2D eigenvalue weighted by Gasteiger charge is -2.39. The van der Waals surface area contributed by atoms with Crippen molar-refractivity contribution in [3.05, 3.63) is 29.6 Å². The first-order valence-electron chi connectivity index (χ1n) is 7.32. The molecule has 7 heteroatoms. The Bertz CT molecular complexity index is 565. The average molecular weight is 304 g/mol. The first kappa shape index (κ1) is 15.9. The van der Waals surface area contributed by atoms with Gasteiger partial charge in [-0.3, -0.25) is 19.4 Å². The van der Waals surface area contributed by atoms with Crippen LogP contribution in [0, 0.1) is 0 Å². The van der Waals surface area contributed by atoms with Crippen molar-refractivity contribution >= 4 is 17.7 Å². The highest BCUT2D eigenvalue weighted by Crippen LogP contribution is 2.13. The first-order valence-corrected chi connectivity index (χ1v) is 7.32. The highest BCUT2D eigenvalue weighted by atomic mass is 16.2. The van der Waals surface area contributed by atoms with Crippen LogP contribution in [0.5, 0.6) is 0 Å². The lowest BCUT2D eigenvalue weighted by atomic mass is 10.1. The van der Waals surface area contributed by atoms with Gasteiger partial charge in [0.25, 0.3) is 11.8 Å². The SMILES string of the molecule is CCCC(=O)NC1CN(C(=O)c2ccc(C(=O)NC)cn2)C1. The van der Waals surface area contributed by atoms with E-state index in [1.165, 1.54) is 19.3 Å². The molecule has 0 unspecified atom stereocenters. The van der Waals surface area contributed by atoms with Gasteiger partial charge in [-0.2, -0.15) is 0 Å². The van der Waals surface area contributed by atoms with Crippen LogP contribution in [0.2, 0.25) is 0 Å². The number of carbonyl (C=O) groups excluding carboxylic acids is 3. The third-order valence-electron chi connectivity index (χ3n) is 3.48. The van der Waals surface area contributed by atoms with Crippen LogP contribution < -0.4 is 10.6 Å². The second-order valence-electron chi connectivity index (χ2n) is 5.24. The number of nitrogens with one attached hydrogen (secondary N) is 2. The maximum Gasteiger partial charge on any atom is 0.272 e. The molecule has 1 aromatic rings. The summed E-state index contributed by atoms with van der Waals surface area (Å²) in [7, 11) is 1.54. The number of hydrogen-bond donors (Lipinski definition) is 2. The molecule has 0 aromatic carbocycles. The normalized spacial score (nSPS) is 14.2. The molecule has 22 heavy (non-hydrogen) atoms. The lowest BCUT2D eigenvalue weighted by molar-refractivity contribution is -0.122. The van der Waals surface area contributed by atoms with Gasteiger partial charge in [-0.25, -0.2) is 0 Å². The average Bonchev–Trinajstić information content (AvgIpc) is 2.49. The van der Waals surface area contributed by atoms with Gasteiger partial charge in [-0.05, 0) is 18.6 Å². The predicted molar refractivity (Wildman–Crippen MR) is 80.4 cm³/mol. The van der Waals surface area contributed by atoms with E-state index in [2.05, 4.69) is 15.6 Å². The summed E-state index contributed by atoms with van der Waals surface area (Å²) in [5.41, 5.74) is 0.707. The standard InChI is InChI=1S/C15H20N4O3/c1-3-4-13(20)18-11-8-19(9-11)15(22)12-6-5-10(7-17-12)14(21)16-2/h5-7,11H,3-4,8-9H2,1-2H3,(H,16,21)(H,18,20). The Morgan fingerprint density at radius 3 is 2.59 bits per heavy atom. The third-order valence-corrected chi connectivity index (χ3v) is 3.48. The molecule has 118 valence electrons. The maximum atomic E-state index is 12.2. The Morgan fingerprint density at radius 1 is 1.32 bits per heavy atom. The summed E-state index contributed by atoms with van der Waals surface area (Å²) >= 11 is 0. The molecule has 0 radical (unpaired) electrons. The number of rotatable bonds is 5. The quantitative estimate of drug-likeness (QED) is 0.812. The molecule has 2 N–H and O–H groups in total. The molecule has 0 aliphatic carbocycles. The molecule has 1 aromatic heterocycles. The maximum absolute atomic E-state index is 12.2. The highest BCUT2D eigenvalue weighted by molar-refractivity contribution is 5.96. The summed E-state index contributed by atoms with van der Waals surface area (Å²) in [6.45, 7) is 2.94. The summed E-state index contributed by atoms with van der Waals surface area (Å²) < 4.78 is 0. The molecule has 1 aliphatic heterocycles. The third kappa shape index (κ3) is 3.60. The van der Waals surface area contributed by atoms with Crippen molar-refractivity contribution in [3.8, 4) is 0 Å². The zero-order valence-corrected chi connectivity index (χ0v) is 12.8. The van der Waals surface area contributed by atoms with Crippen LogP contribution in [0.1, 0.15) is 40.6 Å². The van der Waals surface area contributed by atoms with Crippen molar-refractivity contribution in [1.29, 1.82) is 0 Å². The largest absolute Gasteiger partial charge is 0.355 e. The number of hydrogen-bond acceptors (Lipinski definition) is 4. The fraction of sp³-hybridized carbons (Fsp3) is 0.467. The summed E-state index contributed by atoms with van der Waals surface area (Å²) in [5.74, 6) is -0.411. The molecular weight excluding hydrogens is 284 g/mol. The van der Waals surface area contributed by atoms with Crippen molar-refractivity contribution in [2.24, 2.45) is 0 Å². The molecule has 0 atom stereocenters. The molecule has 1 saturated heterocycles. The van der Waals surface area contributed by atoms with Crippen LogP contribution in [0.4, 0.5) is 0 Å². The van der Waals surface area contributed by atoms with Gasteiger partial charge in [0.05, 0.1) is 11.6 Å². The monoisotopic (exact) mass is 304 g/mol. The molecule has 0 bridgehead atoms. The van der Waals surface area contributed by atoms with Gasteiger partial charge in [-0.15, -0.1) is 0 Å². The zero-order chi connectivity index (χ0) is 16.1. The molecular formula is C15H20N4O3. The van der Waals surface area contributed by atoms with E-state index in [-0.39, 0.29) is 23.8 Å². The van der Waals surface area contributed by atoms with Crippen molar-refractivity contribution < 1.29 is 14.4 Å². The van der Waals surface area contributed by atoms with Gasteiger partial charge in [0.1, 0.15) is 5.69 Å². The molecule has 2 heterocycles. The lowest BCUT2D eigenvalue weighted by Crippen LogP contribution is -2.61. The van der Waals surface area contributed by atoms with E-state index >= 15 is 0 Å². The Balaban J connectivity index is 1.86. The fourth-order valence-electron chi connectivity index (χ4n) is 2.22. The summed E-state index contributed by atoms with van der Waals surface area (Å²) in [6.07, 6.45) is 2.70. The zero-order valence-electron chi connectivity index (χ0n) is 12.8. The Kier molecular flexibility index (Phi) is 5.08. The van der Waals surface area contributed by atoms with E-state index in [1.54, 1.807) is 11.0 Å². The van der Waals surface area contributed by atoms with Gasteiger partial charge in [0.15, 0.2) is 0 Å². The number of pyridine rings is 1. The van der Waals surface area contributed by atoms with Crippen molar-refractivity contribution in [2.45, 2.75) is 25.8 Å². The molecule has 2 rings (SSSR count). The predicted octanol–water partition coefficient (Wildman–Crippen LogP) is 0.182. The molecule has 1 fully saturated rings. The topological polar surface area (TPSA) is 91.4 Å². The number of amides is 3. The Hall–Kier alpha value is -2.44. The van der Waals surface area contributed by atoms with Gasteiger partial charge in [-0.1, -0.05) is 6.92 Å². The van der Waals surface area contributed by atoms with Gasteiger partial charge in [0.2, 0.25) is 5.91 Å². The highest BCUT2D eigenvalue weighted by Gasteiger charge is 2.32. The summed E-state index contributed by atoms with van der Waals surface area (Å²) in [6, 6.07) is 3.13. The number of aromatic nitrogens is 1. The van der Waals surface area contributed by atoms with E-state index in [0.29, 0.717) is 30.8 Å². The van der Waals surface area contributed by atoms with Crippen molar-refractivity contribution in [3.63, 3.8) is 0 Å². The van der Waals surface area contributed by atoms with E-state index in [1.807, 2.05) is 6.92 Å². The first-order chi connectivity index (χ1) is 10.5. The molecule has 7 nitrogen and oxygen atoms in total. The fourth-order valence-corrected chi connectivity index (χ4v) is 2.22. The van der Waals surface area contributed by atoms with E-state index in [9.17, 15) is 14.4 Å². The van der Waals surface area contributed by atoms with E-state index in [4.69, 9.17) is 0 Å². The molecule has 1 aliphatic rings. The van der Waals surface area contributed by atoms with Crippen LogP contribution >= 0.6 is 0 Å². The van der Waals surface area contributed by atoms with Gasteiger partial charge >= 0.3 is 0 Å². The second kappa shape index (κ2) is 7.02. The van der Waals surface area contributed by atoms with E-state index in [0.717, 1.165) is 6.42 Å². The Labute approximate surface area is 129 Å². The number of nitrogens with zero attached hydrogens (tertiary/aromatic N) is 2. The molecule has 3 amide bonds. The second-order valence-corrected chi connectivity index (χ2v) is 5.24. The van der Waals surface area contributed by atoms with Gasteiger partial charge in [0, 0.05) is 32.8 Å². The smallest absolute Gasteiger partial charge is 0.272 e. The van der Waals surface area contributed by atoms with E-state index < -0.39 is 0 Å². The van der Waals surface area contributed by atoms with Crippen molar-refractivity contribution in [1.82, 2.24) is 20.5 Å². The van der Waals surface area contributed by atoms with Gasteiger partial charge < -0.3 is 15.5 Å². The number of carbonyl (C=O) groups is 3. The van der Waals surface area contributed by atoms with Crippen LogP contribution in [0.25, 0.3) is 0 Å². The summed E-state index contributed by atoms with van der Waals surface area (Å²) in [4.78, 5) is 40.7.